The number of hydrogen-bond acceptors (Lipinski definition) is 4. The number of aryl methyl sites for hydroxylation is 1. The highest BCUT2D eigenvalue weighted by atomic mass is 14.6. The summed E-state index contributed by atoms with van der Waals surface area (Å²) in [6.45, 7) is 8.76. The highest BCUT2D eigenvalue weighted by Crippen LogP contribution is 2.56. The molecule has 2 aliphatic carbocycles. The molecule has 4 nitrogen and oxygen atoms in total. The molecule has 1 fully saturated rings. The lowest BCUT2D eigenvalue weighted by Crippen LogP contribution is -2.49. The van der Waals surface area contributed by atoms with Gasteiger partial charge in [0.25, 0.3) is 0 Å². The molecule has 0 aliphatic heterocycles. The minimum absolute atomic E-state index is 0.0636. The Kier molecular flexibility index (Phi) is 5.38. The van der Waals surface area contributed by atoms with Gasteiger partial charge in [-0.25, -0.2) is 0 Å². The molecule has 1 aromatic carbocycles. The van der Waals surface area contributed by atoms with E-state index >= 15 is 0 Å². The van der Waals surface area contributed by atoms with Crippen LogP contribution in [-0.2, 0) is 6.42 Å². The van der Waals surface area contributed by atoms with Gasteiger partial charge in [-0.2, -0.15) is 15.8 Å². The molecule has 4 unspecified atom stereocenters. The van der Waals surface area contributed by atoms with Crippen molar-refractivity contribution >= 4 is 5.71 Å². The molecule has 1 saturated carbocycles. The van der Waals surface area contributed by atoms with Crippen LogP contribution < -0.4 is 0 Å². The number of benzene rings is 1. The Bertz CT molecular complexity index is 943. The molecule has 3 rings (SSSR count). The average molecular weight is 385 g/mol. The van der Waals surface area contributed by atoms with Crippen LogP contribution in [0.2, 0.25) is 0 Å². The fourth-order valence-corrected chi connectivity index (χ4v) is 5.05. The summed E-state index contributed by atoms with van der Waals surface area (Å²) < 4.78 is 0. The largest absolute Gasteiger partial charge is 0.305 e. The molecule has 4 heteroatoms. The third-order valence-corrected chi connectivity index (χ3v) is 6.97. The van der Waals surface area contributed by atoms with Crippen molar-refractivity contribution in [2.45, 2.75) is 52.9 Å². The minimum atomic E-state index is -1.62. The Morgan fingerprint density at radius 3 is 2.21 bits per heavy atom. The van der Waals surface area contributed by atoms with Gasteiger partial charge in [-0.1, -0.05) is 58.0 Å². The highest BCUT2D eigenvalue weighted by Gasteiger charge is 2.57. The van der Waals surface area contributed by atoms with E-state index < -0.39 is 11.3 Å². The zero-order chi connectivity index (χ0) is 21.4. The van der Waals surface area contributed by atoms with Crippen LogP contribution in [0.1, 0.15) is 57.6 Å². The highest BCUT2D eigenvalue weighted by molar-refractivity contribution is 6.01. The minimum Gasteiger partial charge on any atom is -0.305 e. The summed E-state index contributed by atoms with van der Waals surface area (Å²) in [6, 6.07) is 14.8. The van der Waals surface area contributed by atoms with Crippen LogP contribution >= 0.6 is 0 Å². The summed E-state index contributed by atoms with van der Waals surface area (Å²) >= 11 is 0. The van der Waals surface area contributed by atoms with E-state index in [0.717, 1.165) is 30.4 Å². The zero-order valence-corrected chi connectivity index (χ0v) is 17.7. The van der Waals surface area contributed by atoms with E-state index in [1.165, 1.54) is 5.56 Å². The van der Waals surface area contributed by atoms with E-state index in [-0.39, 0.29) is 23.0 Å². The van der Waals surface area contributed by atoms with Gasteiger partial charge in [-0.05, 0) is 53.2 Å². The molecule has 0 heterocycles. The number of allylic oxidation sites excluding steroid dienone is 2. The van der Waals surface area contributed by atoms with Gasteiger partial charge < -0.3 is 5.41 Å². The van der Waals surface area contributed by atoms with E-state index in [0.29, 0.717) is 5.92 Å². The van der Waals surface area contributed by atoms with Crippen LogP contribution in [0.3, 0.4) is 0 Å². The smallest absolute Gasteiger partial charge is 0.203 e. The van der Waals surface area contributed by atoms with Crippen molar-refractivity contribution in [3.63, 3.8) is 0 Å². The summed E-state index contributed by atoms with van der Waals surface area (Å²) in [5, 5.41) is 38.6. The molecule has 0 saturated heterocycles. The van der Waals surface area contributed by atoms with Crippen molar-refractivity contribution < 1.29 is 0 Å². The first-order chi connectivity index (χ1) is 13.7. The van der Waals surface area contributed by atoms with Gasteiger partial charge in [0.05, 0.1) is 29.8 Å². The number of nitrogens with zero attached hydrogens (tertiary/aromatic N) is 3. The molecule has 0 radical (unpaired) electrons. The third-order valence-electron chi connectivity index (χ3n) is 6.97. The van der Waals surface area contributed by atoms with E-state index in [9.17, 15) is 15.8 Å². The normalized spacial score (nSPS) is 28.3. The van der Waals surface area contributed by atoms with Crippen LogP contribution in [-0.4, -0.2) is 5.71 Å². The monoisotopic (exact) mass is 384 g/mol. The maximum Gasteiger partial charge on any atom is 0.203 e. The van der Waals surface area contributed by atoms with Crippen molar-refractivity contribution in [2.75, 3.05) is 0 Å². The fraction of sp³-hybridized carbons (Fsp3) is 0.520. The van der Waals surface area contributed by atoms with Gasteiger partial charge >= 0.3 is 0 Å². The maximum atomic E-state index is 10.0. The lowest BCUT2D eigenvalue weighted by molar-refractivity contribution is 0.171. The SMILES string of the molecule is CCc1ccc(C2C(C#N)C(=N)C(C#N)(C#N)C3=CCC(C(C)(C)C)CC32)cc1. The molecule has 0 amide bonds. The third kappa shape index (κ3) is 3.26. The van der Waals surface area contributed by atoms with Gasteiger partial charge in [-0.15, -0.1) is 0 Å². The van der Waals surface area contributed by atoms with Crippen LogP contribution in [0.15, 0.2) is 35.9 Å². The van der Waals surface area contributed by atoms with Gasteiger partial charge in [-0.3, -0.25) is 0 Å². The Morgan fingerprint density at radius 2 is 1.72 bits per heavy atom. The maximum absolute atomic E-state index is 10.0. The van der Waals surface area contributed by atoms with Crippen LogP contribution in [0.5, 0.6) is 0 Å². The Hall–Kier alpha value is -2.90. The quantitative estimate of drug-likeness (QED) is 0.678. The standard InChI is InChI=1S/C25H28N4/c1-5-16-6-8-17(9-7-16)22-19-12-18(24(2,3)4)10-11-21(19)25(14-27,15-28)23(29)20(22)13-26/h6-9,11,18-20,22,29H,5,10,12H2,1-4H3. The van der Waals surface area contributed by atoms with Crippen molar-refractivity contribution in [1.82, 2.24) is 0 Å². The van der Waals surface area contributed by atoms with E-state index in [1.807, 2.05) is 6.08 Å². The molecule has 2 aliphatic rings. The van der Waals surface area contributed by atoms with Crippen LogP contribution in [0, 0.1) is 68.0 Å². The first-order valence-electron chi connectivity index (χ1n) is 10.3. The average Bonchev–Trinajstić information content (AvgIpc) is 2.72. The fourth-order valence-electron chi connectivity index (χ4n) is 5.05. The zero-order valence-electron chi connectivity index (χ0n) is 17.7. The summed E-state index contributed by atoms with van der Waals surface area (Å²) in [5.41, 5.74) is 1.40. The van der Waals surface area contributed by atoms with E-state index in [2.05, 4.69) is 70.2 Å². The van der Waals surface area contributed by atoms with Crippen molar-refractivity contribution in [2.24, 2.45) is 28.6 Å². The van der Waals surface area contributed by atoms with Crippen molar-refractivity contribution in [3.8, 4) is 18.2 Å². The lowest BCUT2D eigenvalue weighted by Gasteiger charge is -2.48. The second-order valence-corrected chi connectivity index (χ2v) is 9.42. The summed E-state index contributed by atoms with van der Waals surface area (Å²) in [4.78, 5) is 0. The van der Waals surface area contributed by atoms with Crippen LogP contribution in [0.25, 0.3) is 0 Å². The number of fused-ring (bicyclic) bond motifs is 1. The molecule has 0 spiro atoms. The van der Waals surface area contributed by atoms with E-state index in [4.69, 9.17) is 5.41 Å². The van der Waals surface area contributed by atoms with Gasteiger partial charge in [0.1, 0.15) is 0 Å². The molecule has 4 atom stereocenters. The van der Waals surface area contributed by atoms with Gasteiger partial charge in [0, 0.05) is 5.92 Å². The topological polar surface area (TPSA) is 95.2 Å². The molecule has 0 bridgehead atoms. The number of hydrogen-bond donors (Lipinski definition) is 1. The summed E-state index contributed by atoms with van der Waals surface area (Å²) in [5.74, 6) is -0.666. The second-order valence-electron chi connectivity index (χ2n) is 9.42. The lowest BCUT2D eigenvalue weighted by atomic mass is 9.52. The Balaban J connectivity index is 2.20. The number of rotatable bonds is 2. The van der Waals surface area contributed by atoms with Gasteiger partial charge in [0.15, 0.2) is 0 Å². The van der Waals surface area contributed by atoms with Crippen LogP contribution in [0.4, 0.5) is 0 Å². The molecule has 0 aromatic heterocycles. The molecule has 1 aromatic rings. The Morgan fingerprint density at radius 1 is 1.10 bits per heavy atom. The molecule has 29 heavy (non-hydrogen) atoms. The predicted octanol–water partition coefficient (Wildman–Crippen LogP) is 5.54. The first kappa shape index (κ1) is 20.8. The number of nitrogens with one attached hydrogen (secondary N) is 1. The number of nitriles is 3. The molecule has 1 N–H and O–H groups in total. The van der Waals surface area contributed by atoms with Crippen molar-refractivity contribution in [1.29, 1.82) is 21.2 Å². The second kappa shape index (κ2) is 7.50. The Labute approximate surface area is 174 Å². The van der Waals surface area contributed by atoms with E-state index in [1.54, 1.807) is 0 Å². The summed E-state index contributed by atoms with van der Waals surface area (Å²) in [7, 11) is 0. The van der Waals surface area contributed by atoms with Crippen molar-refractivity contribution in [3.05, 3.63) is 47.0 Å². The molecule has 148 valence electrons. The first-order valence-corrected chi connectivity index (χ1v) is 10.3. The summed E-state index contributed by atoms with van der Waals surface area (Å²) in [6.07, 6.45) is 4.60. The molecular formula is C25H28N4. The molecular weight excluding hydrogens is 356 g/mol. The van der Waals surface area contributed by atoms with Gasteiger partial charge in [0.2, 0.25) is 5.41 Å². The predicted molar refractivity (Wildman–Crippen MR) is 113 cm³/mol.